The summed E-state index contributed by atoms with van der Waals surface area (Å²) in [6.45, 7) is 2.05. The molecule has 0 aliphatic carbocycles. The summed E-state index contributed by atoms with van der Waals surface area (Å²) in [5.41, 5.74) is 3.15. The van der Waals surface area contributed by atoms with Crippen LogP contribution in [-0.2, 0) is 4.74 Å². The molecule has 0 aromatic heterocycles. The molecule has 0 spiro atoms. The van der Waals surface area contributed by atoms with Gasteiger partial charge >= 0.3 is 5.97 Å². The first-order valence-corrected chi connectivity index (χ1v) is 10.4. The molecule has 0 bridgehead atoms. The van der Waals surface area contributed by atoms with Crippen LogP contribution < -0.4 is 15.4 Å². The molecular formula is C23H22N2O3S2. The number of rotatable bonds is 6. The molecule has 0 atom stereocenters. The van der Waals surface area contributed by atoms with E-state index in [9.17, 15) is 4.79 Å². The number of methoxy groups -OCH3 is 2. The van der Waals surface area contributed by atoms with Crippen LogP contribution in [0.4, 0.5) is 11.4 Å². The average Bonchev–Trinajstić information content (AvgIpc) is 2.76. The zero-order valence-corrected chi connectivity index (χ0v) is 18.5. The van der Waals surface area contributed by atoms with Gasteiger partial charge in [0.1, 0.15) is 5.75 Å². The smallest absolute Gasteiger partial charge is 0.337 e. The Morgan fingerprint density at radius 2 is 1.73 bits per heavy atom. The van der Waals surface area contributed by atoms with E-state index in [4.69, 9.17) is 21.7 Å². The highest BCUT2D eigenvalue weighted by Crippen LogP contribution is 2.34. The van der Waals surface area contributed by atoms with Gasteiger partial charge in [0.2, 0.25) is 0 Å². The van der Waals surface area contributed by atoms with E-state index in [1.54, 1.807) is 31.0 Å². The fourth-order valence-electron chi connectivity index (χ4n) is 2.68. The third-order valence-electron chi connectivity index (χ3n) is 4.23. The molecule has 0 radical (unpaired) electrons. The first kappa shape index (κ1) is 21.7. The summed E-state index contributed by atoms with van der Waals surface area (Å²) in [4.78, 5) is 14.0. The van der Waals surface area contributed by atoms with Crippen LogP contribution >= 0.6 is 24.0 Å². The number of hydrogen-bond donors (Lipinski definition) is 2. The third kappa shape index (κ3) is 5.75. The molecule has 154 valence electrons. The Balaban J connectivity index is 1.84. The maximum atomic E-state index is 12.0. The van der Waals surface area contributed by atoms with Crippen molar-refractivity contribution in [2.45, 2.75) is 16.7 Å². The van der Waals surface area contributed by atoms with E-state index in [0.29, 0.717) is 16.4 Å². The van der Waals surface area contributed by atoms with Gasteiger partial charge in [0.25, 0.3) is 0 Å². The minimum atomic E-state index is -0.406. The molecule has 5 nitrogen and oxygen atoms in total. The van der Waals surface area contributed by atoms with Crippen LogP contribution in [0.2, 0.25) is 0 Å². The quantitative estimate of drug-likeness (QED) is 0.375. The highest BCUT2D eigenvalue weighted by atomic mass is 32.2. The summed E-state index contributed by atoms with van der Waals surface area (Å²) in [7, 11) is 2.97. The lowest BCUT2D eigenvalue weighted by molar-refractivity contribution is 0.0600. The van der Waals surface area contributed by atoms with Crippen molar-refractivity contribution in [2.24, 2.45) is 0 Å². The Morgan fingerprint density at radius 3 is 2.43 bits per heavy atom. The molecule has 30 heavy (non-hydrogen) atoms. The molecule has 0 amide bonds. The van der Waals surface area contributed by atoms with Crippen molar-refractivity contribution in [3.05, 3.63) is 77.9 Å². The second-order valence-electron chi connectivity index (χ2n) is 6.43. The lowest BCUT2D eigenvalue weighted by atomic mass is 10.2. The van der Waals surface area contributed by atoms with Gasteiger partial charge in [-0.25, -0.2) is 4.79 Å². The van der Waals surface area contributed by atoms with E-state index in [-0.39, 0.29) is 0 Å². The molecule has 0 aliphatic heterocycles. The van der Waals surface area contributed by atoms with Crippen molar-refractivity contribution in [1.29, 1.82) is 0 Å². The normalized spacial score (nSPS) is 10.2. The molecule has 7 heteroatoms. The number of carbonyl (C=O) groups is 1. The van der Waals surface area contributed by atoms with Gasteiger partial charge in [0.05, 0.1) is 25.5 Å². The fraction of sp³-hybridized carbons (Fsp3) is 0.130. The number of hydrogen-bond acceptors (Lipinski definition) is 5. The van der Waals surface area contributed by atoms with Crippen LogP contribution in [0.3, 0.4) is 0 Å². The number of aryl methyl sites for hydroxylation is 1. The van der Waals surface area contributed by atoms with Crippen LogP contribution in [0.15, 0.2) is 76.5 Å². The lowest BCUT2D eigenvalue weighted by Gasteiger charge is -2.15. The molecule has 3 aromatic carbocycles. The second-order valence-corrected chi connectivity index (χ2v) is 7.95. The van der Waals surface area contributed by atoms with Gasteiger partial charge in [-0.1, -0.05) is 35.5 Å². The minimum absolute atomic E-state index is 0.399. The van der Waals surface area contributed by atoms with Crippen LogP contribution in [0, 0.1) is 6.92 Å². The van der Waals surface area contributed by atoms with Crippen molar-refractivity contribution < 1.29 is 14.3 Å². The number of ether oxygens (including phenoxy) is 2. The minimum Gasteiger partial charge on any atom is -0.497 e. The number of thiocarbonyl (C=S) groups is 1. The molecule has 0 fully saturated rings. The number of nitrogens with one attached hydrogen (secondary N) is 2. The Morgan fingerprint density at radius 1 is 0.967 bits per heavy atom. The first-order valence-electron chi connectivity index (χ1n) is 9.17. The molecule has 3 rings (SSSR count). The molecule has 2 N–H and O–H groups in total. The van der Waals surface area contributed by atoms with Crippen molar-refractivity contribution >= 4 is 46.4 Å². The predicted molar refractivity (Wildman–Crippen MR) is 126 cm³/mol. The SMILES string of the molecule is COC(=O)c1ccc(Sc2ccc(C)cc2)c(NC(=S)Nc2cccc(OC)c2)c1. The van der Waals surface area contributed by atoms with Crippen molar-refractivity contribution in [3.8, 4) is 5.75 Å². The molecule has 0 aliphatic rings. The number of carbonyl (C=O) groups excluding carboxylic acids is 1. The maximum absolute atomic E-state index is 12.0. The average molecular weight is 439 g/mol. The topological polar surface area (TPSA) is 59.6 Å². The number of anilines is 2. The van der Waals surface area contributed by atoms with Crippen molar-refractivity contribution in [1.82, 2.24) is 0 Å². The van der Waals surface area contributed by atoms with Crippen molar-refractivity contribution in [3.63, 3.8) is 0 Å². The number of esters is 1. The van der Waals surface area contributed by atoms with Gasteiger partial charge in [-0.05, 0) is 61.6 Å². The van der Waals surface area contributed by atoms with E-state index in [0.717, 1.165) is 21.2 Å². The van der Waals surface area contributed by atoms with Crippen LogP contribution in [0.5, 0.6) is 5.75 Å². The highest BCUT2D eigenvalue weighted by molar-refractivity contribution is 7.99. The third-order valence-corrected chi connectivity index (χ3v) is 5.51. The summed E-state index contributed by atoms with van der Waals surface area (Å²) >= 11 is 7.07. The Bertz CT molecular complexity index is 1050. The van der Waals surface area contributed by atoms with E-state index in [1.165, 1.54) is 12.7 Å². The van der Waals surface area contributed by atoms with E-state index in [2.05, 4.69) is 41.8 Å². The zero-order valence-electron chi connectivity index (χ0n) is 16.9. The lowest BCUT2D eigenvalue weighted by Crippen LogP contribution is -2.20. The molecule has 3 aromatic rings. The van der Waals surface area contributed by atoms with Gasteiger partial charge in [0, 0.05) is 21.5 Å². The van der Waals surface area contributed by atoms with Gasteiger partial charge < -0.3 is 20.1 Å². The van der Waals surface area contributed by atoms with Gasteiger partial charge in [-0.2, -0.15) is 0 Å². The molecule has 0 unspecified atom stereocenters. The van der Waals surface area contributed by atoms with Gasteiger partial charge in [-0.15, -0.1) is 0 Å². The summed E-state index contributed by atoms with van der Waals surface area (Å²) < 4.78 is 10.1. The first-order chi connectivity index (χ1) is 14.5. The summed E-state index contributed by atoms with van der Waals surface area (Å²) in [6.07, 6.45) is 0. The van der Waals surface area contributed by atoms with Crippen LogP contribution in [0.25, 0.3) is 0 Å². The molecular weight excluding hydrogens is 416 g/mol. The Hall–Kier alpha value is -3.03. The molecule has 0 saturated heterocycles. The molecule has 0 heterocycles. The zero-order chi connectivity index (χ0) is 21.5. The van der Waals surface area contributed by atoms with E-state index >= 15 is 0 Å². The van der Waals surface area contributed by atoms with E-state index in [1.807, 2.05) is 30.3 Å². The highest BCUT2D eigenvalue weighted by Gasteiger charge is 2.12. The molecule has 0 saturated carbocycles. The monoisotopic (exact) mass is 438 g/mol. The standard InChI is InChI=1S/C23H22N2O3S2/c1-15-7-10-19(11-8-15)30-21-12-9-16(22(26)28-3)13-20(21)25-23(29)24-17-5-4-6-18(14-17)27-2/h4-14H,1-3H3,(H2,24,25,29). The Kier molecular flexibility index (Phi) is 7.32. The summed E-state index contributed by atoms with van der Waals surface area (Å²) in [5.74, 6) is 0.322. The maximum Gasteiger partial charge on any atom is 0.337 e. The number of benzene rings is 3. The second kappa shape index (κ2) is 10.1. The summed E-state index contributed by atoms with van der Waals surface area (Å²) in [5, 5.41) is 6.74. The van der Waals surface area contributed by atoms with Crippen molar-refractivity contribution in [2.75, 3.05) is 24.9 Å². The fourth-order valence-corrected chi connectivity index (χ4v) is 3.79. The van der Waals surface area contributed by atoms with Crippen LogP contribution in [0.1, 0.15) is 15.9 Å². The van der Waals surface area contributed by atoms with Gasteiger partial charge in [0.15, 0.2) is 5.11 Å². The Labute approximate surface area is 185 Å². The van der Waals surface area contributed by atoms with Crippen LogP contribution in [-0.4, -0.2) is 25.3 Å². The predicted octanol–water partition coefficient (Wildman–Crippen LogP) is 5.75. The van der Waals surface area contributed by atoms with Gasteiger partial charge in [-0.3, -0.25) is 0 Å². The summed E-state index contributed by atoms with van der Waals surface area (Å²) in [6, 6.07) is 21.1. The van der Waals surface area contributed by atoms with E-state index < -0.39 is 5.97 Å². The largest absolute Gasteiger partial charge is 0.497 e.